The lowest BCUT2D eigenvalue weighted by Crippen LogP contribution is -2.45. The zero-order valence-electron chi connectivity index (χ0n) is 17.0. The number of hydrazine groups is 1. The minimum atomic E-state index is -3.61. The first-order chi connectivity index (χ1) is 15.1. The monoisotopic (exact) mass is 498 g/mol. The largest absolute Gasteiger partial charge is 0.478 e. The van der Waals surface area contributed by atoms with Crippen molar-refractivity contribution >= 4 is 39.0 Å². The zero-order valence-corrected chi connectivity index (χ0v) is 19.3. The van der Waals surface area contributed by atoms with Crippen molar-refractivity contribution in [2.45, 2.75) is 35.4 Å². The Bertz CT molecular complexity index is 1200. The molecule has 10 heteroatoms. The smallest absolute Gasteiger partial charge is 0.338 e. The number of carbonyl (C=O) groups is 1. The Kier molecular flexibility index (Phi) is 5.49. The Morgan fingerprint density at radius 2 is 1.75 bits per heavy atom. The van der Waals surface area contributed by atoms with Crippen LogP contribution in [0.3, 0.4) is 0 Å². The number of carboxylic acid groups (broad SMARTS) is 1. The number of fused-ring (bicyclic) bond motifs is 2. The van der Waals surface area contributed by atoms with Gasteiger partial charge in [0.15, 0.2) is 9.84 Å². The molecule has 0 amide bonds. The Morgan fingerprint density at radius 1 is 1.06 bits per heavy atom. The fraction of sp³-hybridized carbons (Fsp3) is 0.409. The summed E-state index contributed by atoms with van der Waals surface area (Å²) in [5.74, 6) is -1.84. The van der Waals surface area contributed by atoms with Crippen molar-refractivity contribution < 1.29 is 22.7 Å². The van der Waals surface area contributed by atoms with E-state index in [4.69, 9.17) is 23.2 Å². The van der Waals surface area contributed by atoms with Gasteiger partial charge in [-0.15, -0.1) is 0 Å². The molecule has 0 aromatic heterocycles. The molecular formula is C22H21Cl2FN2O4S. The van der Waals surface area contributed by atoms with Crippen LogP contribution in [0, 0.1) is 11.7 Å². The minimum Gasteiger partial charge on any atom is -0.478 e. The van der Waals surface area contributed by atoms with Gasteiger partial charge in [-0.25, -0.2) is 27.6 Å². The van der Waals surface area contributed by atoms with Gasteiger partial charge in [-0.1, -0.05) is 23.2 Å². The first kappa shape index (κ1) is 22.1. The number of hydrogen-bond donors (Lipinski definition) is 1. The third kappa shape index (κ3) is 3.92. The molecule has 2 saturated heterocycles. The van der Waals surface area contributed by atoms with Crippen LogP contribution in [0.4, 0.5) is 4.39 Å². The predicted molar refractivity (Wildman–Crippen MR) is 118 cm³/mol. The van der Waals surface area contributed by atoms with Gasteiger partial charge in [0.05, 0.1) is 15.7 Å². The Morgan fingerprint density at radius 3 is 2.31 bits per heavy atom. The normalized spacial score (nSPS) is 25.4. The van der Waals surface area contributed by atoms with Crippen molar-refractivity contribution in [3.63, 3.8) is 0 Å². The summed E-state index contributed by atoms with van der Waals surface area (Å²) in [5, 5.41) is 13.3. The van der Waals surface area contributed by atoms with E-state index in [0.29, 0.717) is 26.2 Å². The highest BCUT2D eigenvalue weighted by Crippen LogP contribution is 2.44. The summed E-state index contributed by atoms with van der Waals surface area (Å²) < 4.78 is 40.8. The van der Waals surface area contributed by atoms with Crippen molar-refractivity contribution in [1.82, 2.24) is 10.0 Å². The quantitative estimate of drug-likeness (QED) is 0.642. The van der Waals surface area contributed by atoms with Gasteiger partial charge >= 0.3 is 5.97 Å². The molecule has 2 aliphatic heterocycles. The number of sulfone groups is 1. The maximum Gasteiger partial charge on any atom is 0.338 e. The Hall–Kier alpha value is -1.71. The molecule has 2 heterocycles. The lowest BCUT2D eigenvalue weighted by atomic mass is 9.99. The van der Waals surface area contributed by atoms with Crippen molar-refractivity contribution in [3.05, 3.63) is 62.9 Å². The molecule has 6 nitrogen and oxygen atoms in total. The second kappa shape index (κ2) is 7.95. The van der Waals surface area contributed by atoms with Crippen molar-refractivity contribution in [1.29, 1.82) is 0 Å². The van der Waals surface area contributed by atoms with Gasteiger partial charge in [0.2, 0.25) is 0 Å². The summed E-state index contributed by atoms with van der Waals surface area (Å²) in [6.45, 7) is 1.90. The zero-order chi connectivity index (χ0) is 22.8. The van der Waals surface area contributed by atoms with Crippen LogP contribution in [0.5, 0.6) is 0 Å². The molecule has 3 atom stereocenters. The molecule has 2 aromatic rings. The summed E-state index contributed by atoms with van der Waals surface area (Å²) in [7, 11) is -3.61. The second-order valence-electron chi connectivity index (χ2n) is 8.78. The average Bonchev–Trinajstić information content (AvgIpc) is 3.35. The molecule has 2 bridgehead atoms. The maximum absolute atomic E-state index is 14.4. The molecule has 2 aromatic carbocycles. The van der Waals surface area contributed by atoms with Crippen molar-refractivity contribution in [2.24, 2.45) is 5.92 Å². The molecule has 3 fully saturated rings. The summed E-state index contributed by atoms with van der Waals surface area (Å²) in [5.41, 5.74) is 1.35. The van der Waals surface area contributed by atoms with Crippen LogP contribution in [0.2, 0.25) is 10.0 Å². The van der Waals surface area contributed by atoms with Crippen molar-refractivity contribution in [2.75, 3.05) is 19.6 Å². The number of rotatable bonds is 6. The van der Waals surface area contributed by atoms with Gasteiger partial charge in [0, 0.05) is 42.1 Å². The van der Waals surface area contributed by atoms with E-state index in [1.807, 2.05) is 10.0 Å². The molecule has 1 N–H and O–H groups in total. The number of halogens is 3. The van der Waals surface area contributed by atoms with E-state index in [1.54, 1.807) is 0 Å². The fourth-order valence-electron chi connectivity index (χ4n) is 4.90. The van der Waals surface area contributed by atoms with Gasteiger partial charge in [-0.05, 0) is 60.2 Å². The number of hydrogen-bond acceptors (Lipinski definition) is 5. The number of benzene rings is 2. The highest BCUT2D eigenvalue weighted by Gasteiger charge is 2.49. The van der Waals surface area contributed by atoms with Gasteiger partial charge in [-0.3, -0.25) is 0 Å². The Balaban J connectivity index is 1.36. The molecule has 1 saturated carbocycles. The van der Waals surface area contributed by atoms with E-state index in [-0.39, 0.29) is 32.3 Å². The Labute approximate surface area is 195 Å². The molecule has 170 valence electrons. The summed E-state index contributed by atoms with van der Waals surface area (Å²) >= 11 is 12.0. The van der Waals surface area contributed by atoms with Crippen molar-refractivity contribution in [3.8, 4) is 0 Å². The van der Waals surface area contributed by atoms with Crippen LogP contribution < -0.4 is 0 Å². The first-order valence-corrected chi connectivity index (χ1v) is 12.7. The SMILES string of the molecule is O=C(O)c1cc(C2CC2)c(CN2C[C@H]3CN2C[C@H]3S(=O)(=O)c2cc(Cl)cc(Cl)c2)cc1F. The number of aromatic carboxylic acids is 1. The molecule has 1 aliphatic carbocycles. The van der Waals surface area contributed by atoms with Crippen LogP contribution in [0.25, 0.3) is 0 Å². The molecular weight excluding hydrogens is 478 g/mol. The van der Waals surface area contributed by atoms with Gasteiger partial charge in [0.25, 0.3) is 0 Å². The molecule has 3 aliphatic rings. The van der Waals surface area contributed by atoms with E-state index >= 15 is 0 Å². The standard InChI is InChI=1S/C22H21Cl2FN2O4S/c23-15-4-16(24)6-17(5-15)32(30,31)21-11-27-10-14(21)9-26(27)8-13-3-20(25)19(22(28)29)7-18(13)12-1-2-12/h3-7,12,14,21H,1-2,8-11H2,(H,28,29)/t14-,21+/m0/s1. The van der Waals surface area contributed by atoms with Crippen LogP contribution in [-0.4, -0.2) is 54.4 Å². The van der Waals surface area contributed by atoms with Gasteiger partial charge < -0.3 is 5.11 Å². The van der Waals surface area contributed by atoms with E-state index in [9.17, 15) is 22.7 Å². The number of nitrogens with zero attached hydrogens (tertiary/aromatic N) is 2. The van der Waals surface area contributed by atoms with E-state index in [0.717, 1.165) is 24.0 Å². The lowest BCUT2D eigenvalue weighted by Gasteiger charge is -2.33. The van der Waals surface area contributed by atoms with Crippen LogP contribution >= 0.6 is 23.2 Å². The molecule has 32 heavy (non-hydrogen) atoms. The predicted octanol–water partition coefficient (Wildman–Crippen LogP) is 4.21. The first-order valence-electron chi connectivity index (χ1n) is 10.4. The molecule has 0 spiro atoms. The topological polar surface area (TPSA) is 77.9 Å². The maximum atomic E-state index is 14.4. The average molecular weight is 499 g/mol. The molecule has 5 rings (SSSR count). The van der Waals surface area contributed by atoms with E-state index in [1.165, 1.54) is 30.3 Å². The van der Waals surface area contributed by atoms with E-state index in [2.05, 4.69) is 0 Å². The highest BCUT2D eigenvalue weighted by atomic mass is 35.5. The summed E-state index contributed by atoms with van der Waals surface area (Å²) in [6.07, 6.45) is 1.93. The van der Waals surface area contributed by atoms with Gasteiger partial charge in [0.1, 0.15) is 5.82 Å². The number of carboxylic acids is 1. The summed E-state index contributed by atoms with van der Waals surface area (Å²) in [4.78, 5) is 11.5. The summed E-state index contributed by atoms with van der Waals surface area (Å²) in [6, 6.07) is 7.14. The lowest BCUT2D eigenvalue weighted by molar-refractivity contribution is 0.0152. The second-order valence-corrected chi connectivity index (χ2v) is 11.8. The van der Waals surface area contributed by atoms with Crippen LogP contribution in [-0.2, 0) is 16.4 Å². The molecule has 1 unspecified atom stereocenters. The van der Waals surface area contributed by atoms with Crippen LogP contribution in [0.15, 0.2) is 35.2 Å². The fourth-order valence-corrected chi connectivity index (χ4v) is 7.53. The highest BCUT2D eigenvalue weighted by molar-refractivity contribution is 7.92. The third-order valence-electron chi connectivity index (χ3n) is 6.60. The third-order valence-corrected chi connectivity index (χ3v) is 9.26. The van der Waals surface area contributed by atoms with Gasteiger partial charge in [-0.2, -0.15) is 0 Å². The minimum absolute atomic E-state index is 0.0923. The van der Waals surface area contributed by atoms with Crippen LogP contribution in [0.1, 0.15) is 40.2 Å². The molecule has 0 radical (unpaired) electrons. The van der Waals surface area contributed by atoms with E-state index < -0.39 is 26.9 Å².